The van der Waals surface area contributed by atoms with Gasteiger partial charge in [-0.2, -0.15) is 18.2 Å². The fraction of sp³-hybridized carbons (Fsp3) is 0.390. The number of rotatable bonds is 25. The predicted molar refractivity (Wildman–Crippen MR) is 297 cm³/mol. The van der Waals surface area contributed by atoms with Crippen molar-refractivity contribution in [3.05, 3.63) is 148 Å². The first-order valence-corrected chi connectivity index (χ1v) is 26.7. The van der Waals surface area contributed by atoms with E-state index in [2.05, 4.69) is 42.8 Å². The molecule has 6 aromatic rings. The number of anilines is 2. The number of alkyl halides is 3. The van der Waals surface area contributed by atoms with Crippen molar-refractivity contribution in [2.24, 2.45) is 11.8 Å². The number of aromatic amines is 1. The number of nitrogens with one attached hydrogen (secondary N) is 4. The van der Waals surface area contributed by atoms with Crippen molar-refractivity contribution in [3.8, 4) is 11.5 Å². The van der Waals surface area contributed by atoms with Gasteiger partial charge in [-0.3, -0.25) is 44.0 Å². The van der Waals surface area contributed by atoms with E-state index in [0.717, 1.165) is 60.7 Å². The topological polar surface area (TPSA) is 253 Å². The summed E-state index contributed by atoms with van der Waals surface area (Å²) < 4.78 is 64.7. The van der Waals surface area contributed by atoms with Crippen LogP contribution < -0.4 is 35.9 Å². The minimum atomic E-state index is -5.35. The van der Waals surface area contributed by atoms with Crippen molar-refractivity contribution in [3.63, 3.8) is 0 Å². The van der Waals surface area contributed by atoms with Gasteiger partial charge in [0.15, 0.2) is 11.2 Å². The molecular weight excluding hydrogens is 1070 g/mol. The summed E-state index contributed by atoms with van der Waals surface area (Å²) in [6.07, 6.45) is -1.81. The number of unbranched alkanes of at least 4 members (excludes halogenated alkanes) is 2. The fourth-order valence-electron chi connectivity index (χ4n) is 9.59. The first kappa shape index (κ1) is 60.9. The second-order valence-electron chi connectivity index (χ2n) is 20.1. The number of carbonyl (C=O) groups is 6. The van der Waals surface area contributed by atoms with E-state index in [1.165, 1.54) is 0 Å². The first-order chi connectivity index (χ1) is 39.2. The van der Waals surface area contributed by atoms with Gasteiger partial charge in [0.05, 0.1) is 52.4 Å². The van der Waals surface area contributed by atoms with Crippen molar-refractivity contribution in [2.45, 2.75) is 96.1 Å². The molecule has 0 radical (unpaired) electrons. The second kappa shape index (κ2) is 27.6. The number of likely N-dealkylation sites (tertiary alicyclic amines) is 1. The Morgan fingerprint density at radius 1 is 0.805 bits per heavy atom. The van der Waals surface area contributed by atoms with Crippen LogP contribution in [0.25, 0.3) is 11.2 Å². The molecule has 0 spiro atoms. The molecule has 0 unspecified atom stereocenters. The van der Waals surface area contributed by atoms with Gasteiger partial charge in [0.25, 0.3) is 11.5 Å². The summed E-state index contributed by atoms with van der Waals surface area (Å²) in [5.41, 5.74) is -0.417. The van der Waals surface area contributed by atoms with Gasteiger partial charge in [-0.25, -0.2) is 14.8 Å². The number of methoxy groups -OCH3 is 3. The standard InChI is InChI=1S/C59H66F3N9O11/c1-36(2)52(74)68-57-67-51-50(54(76)69-57)65-42(32-64-51)34-71(56(78)59(60,61)62)43-22-16-38(17-23-43)53(75)66-47(55(77)81-6)28-29-48(72)63-30-12-8-11-15-49(73)70-33-37(3)31-44(70)35-82-58(39-13-9-7-10-14-39,40-18-24-45(79-4)25-19-40)41-20-26-46(80-5)27-21-41/h7,9-10,13-14,16-27,32,36-37,44,47H,8,11-12,15,28-31,33-35H2,1-6H3,(H,63,72)(H,66,75)(H2,64,67,68,69,74,76)/t37-,44+,47+/m1/s1. The lowest BCUT2D eigenvalue weighted by Gasteiger charge is -2.38. The van der Waals surface area contributed by atoms with Gasteiger partial charge in [-0.15, -0.1) is 0 Å². The number of ether oxygens (including phenoxy) is 4. The smallest absolute Gasteiger partial charge is 0.471 e. The van der Waals surface area contributed by atoms with Crippen LogP contribution in [0.1, 0.15) is 98.5 Å². The van der Waals surface area contributed by atoms with Crippen LogP contribution in [0.15, 0.2) is 114 Å². The minimum Gasteiger partial charge on any atom is -0.497 e. The highest BCUT2D eigenvalue weighted by Gasteiger charge is 2.44. The van der Waals surface area contributed by atoms with Gasteiger partial charge in [-0.1, -0.05) is 81.8 Å². The third-order valence-corrected chi connectivity index (χ3v) is 13.9. The zero-order valence-corrected chi connectivity index (χ0v) is 46.3. The van der Waals surface area contributed by atoms with Gasteiger partial charge in [0.2, 0.25) is 23.7 Å². The van der Waals surface area contributed by atoms with Crippen LogP contribution in [0.5, 0.6) is 11.5 Å². The normalized spacial score (nSPS) is 14.7. The zero-order chi connectivity index (χ0) is 59.1. The number of amides is 5. The molecule has 4 N–H and O–H groups in total. The average molecular weight is 1130 g/mol. The molecule has 1 aliphatic rings. The van der Waals surface area contributed by atoms with E-state index in [1.807, 2.05) is 83.8 Å². The van der Waals surface area contributed by atoms with Crippen LogP contribution in [-0.2, 0) is 45.6 Å². The van der Waals surface area contributed by atoms with Crippen LogP contribution in [-0.4, -0.2) is 120 Å². The number of aromatic nitrogens is 4. The number of esters is 1. The third kappa shape index (κ3) is 15.2. The lowest BCUT2D eigenvalue weighted by Crippen LogP contribution is -2.42. The van der Waals surface area contributed by atoms with Gasteiger partial charge in [-0.05, 0) is 96.8 Å². The maximum atomic E-state index is 13.9. The Morgan fingerprint density at radius 3 is 2.04 bits per heavy atom. The van der Waals surface area contributed by atoms with E-state index < -0.39 is 65.4 Å². The highest BCUT2D eigenvalue weighted by molar-refractivity contribution is 6.00. The average Bonchev–Trinajstić information content (AvgIpc) is 3.95. The minimum absolute atomic E-state index is 0.0169. The Hall–Kier alpha value is -8.73. The van der Waals surface area contributed by atoms with E-state index >= 15 is 0 Å². The summed E-state index contributed by atoms with van der Waals surface area (Å²) in [5, 5.41) is 7.73. The summed E-state index contributed by atoms with van der Waals surface area (Å²) in [5.74, 6) is -3.79. The van der Waals surface area contributed by atoms with E-state index in [9.17, 15) is 46.7 Å². The van der Waals surface area contributed by atoms with Crippen molar-refractivity contribution < 1.29 is 60.9 Å². The number of carbonyl (C=O) groups excluding carboxylic acids is 6. The molecule has 4 aromatic carbocycles. The van der Waals surface area contributed by atoms with Crippen LogP contribution >= 0.6 is 0 Å². The number of halogens is 3. The SMILES string of the molecule is COC(=O)[C@H](CCC(=O)NCCCCCC(=O)N1C[C@H](C)C[C@H]1COC(c1ccccc1)(c1ccc(OC)cc1)c1ccc(OC)cc1)NC(=O)c1ccc(N(Cc2cnc3nc(NC(=O)C(C)C)[nH]c(=O)c3n2)C(=O)C(F)(F)F)cc1. The molecule has 434 valence electrons. The van der Waals surface area contributed by atoms with Gasteiger partial charge >= 0.3 is 18.1 Å². The third-order valence-electron chi connectivity index (χ3n) is 13.9. The van der Waals surface area contributed by atoms with E-state index in [0.29, 0.717) is 55.2 Å². The zero-order valence-electron chi connectivity index (χ0n) is 46.3. The summed E-state index contributed by atoms with van der Waals surface area (Å²) in [6.45, 7) is 5.71. The van der Waals surface area contributed by atoms with Crippen molar-refractivity contribution in [1.82, 2.24) is 35.5 Å². The number of hydrogen-bond donors (Lipinski definition) is 4. The number of benzene rings is 4. The Labute approximate surface area is 471 Å². The lowest BCUT2D eigenvalue weighted by molar-refractivity contribution is -0.170. The van der Waals surface area contributed by atoms with Crippen molar-refractivity contribution >= 4 is 58.3 Å². The largest absolute Gasteiger partial charge is 0.497 e. The molecule has 0 saturated carbocycles. The number of hydrogen-bond acceptors (Lipinski definition) is 14. The first-order valence-electron chi connectivity index (χ1n) is 26.7. The van der Waals surface area contributed by atoms with Crippen molar-refractivity contribution in [2.75, 3.05) is 51.2 Å². The Bertz CT molecular complexity index is 3210. The summed E-state index contributed by atoms with van der Waals surface area (Å²) in [7, 11) is 4.34. The molecule has 1 saturated heterocycles. The molecule has 5 amide bonds. The predicted octanol–water partition coefficient (Wildman–Crippen LogP) is 7.39. The molecule has 82 heavy (non-hydrogen) atoms. The maximum Gasteiger partial charge on any atom is 0.471 e. The Kier molecular flexibility index (Phi) is 20.5. The summed E-state index contributed by atoms with van der Waals surface area (Å²) >= 11 is 0. The fourth-order valence-corrected chi connectivity index (χ4v) is 9.59. The number of fused-ring (bicyclic) bond motifs is 1. The monoisotopic (exact) mass is 1130 g/mol. The molecule has 2 aromatic heterocycles. The molecule has 0 bridgehead atoms. The quantitative estimate of drug-likeness (QED) is 0.0248. The highest BCUT2D eigenvalue weighted by Crippen LogP contribution is 2.43. The molecule has 3 heterocycles. The lowest BCUT2D eigenvalue weighted by atomic mass is 9.80. The molecule has 0 aliphatic carbocycles. The molecule has 1 aliphatic heterocycles. The summed E-state index contributed by atoms with van der Waals surface area (Å²) in [4.78, 5) is 107. The van der Waals surface area contributed by atoms with Gasteiger partial charge in [0.1, 0.15) is 23.1 Å². The van der Waals surface area contributed by atoms with Crippen LogP contribution in [0.4, 0.5) is 24.8 Å². The number of nitrogens with zero attached hydrogens (tertiary/aromatic N) is 5. The second-order valence-corrected chi connectivity index (χ2v) is 20.1. The van der Waals surface area contributed by atoms with Gasteiger partial charge < -0.3 is 34.5 Å². The van der Waals surface area contributed by atoms with Crippen LogP contribution in [0.3, 0.4) is 0 Å². The Balaban J connectivity index is 0.898. The van der Waals surface area contributed by atoms with E-state index in [-0.39, 0.29) is 71.4 Å². The van der Waals surface area contributed by atoms with E-state index in [1.54, 1.807) is 28.1 Å². The Morgan fingerprint density at radius 2 is 1.44 bits per heavy atom. The van der Waals surface area contributed by atoms with Crippen LogP contribution in [0, 0.1) is 11.8 Å². The van der Waals surface area contributed by atoms with E-state index in [4.69, 9.17) is 18.9 Å². The number of H-pyrrole nitrogens is 1. The molecular formula is C59H66F3N9O11. The molecule has 1 fully saturated rings. The van der Waals surface area contributed by atoms with Crippen LogP contribution in [0.2, 0.25) is 0 Å². The molecule has 20 nitrogen and oxygen atoms in total. The van der Waals surface area contributed by atoms with Crippen molar-refractivity contribution in [1.29, 1.82) is 0 Å². The summed E-state index contributed by atoms with van der Waals surface area (Å²) in [6, 6.07) is 28.5. The molecule has 7 rings (SSSR count). The molecule has 23 heteroatoms. The highest BCUT2D eigenvalue weighted by atomic mass is 19.4. The molecule has 3 atom stereocenters. The van der Waals surface area contributed by atoms with Gasteiger partial charge in [0, 0.05) is 43.1 Å². The maximum absolute atomic E-state index is 13.9.